The number of aldehydes is 1. The minimum atomic E-state index is 0.713. The van der Waals surface area contributed by atoms with Gasteiger partial charge in [0.15, 0.2) is 6.29 Å². The molecule has 20 heavy (non-hydrogen) atoms. The highest BCUT2D eigenvalue weighted by Gasteiger charge is 2.13. The van der Waals surface area contributed by atoms with Crippen LogP contribution in [0.4, 0.5) is 0 Å². The maximum Gasteiger partial charge on any atom is 0.152 e. The van der Waals surface area contributed by atoms with Crippen molar-refractivity contribution in [1.82, 2.24) is 4.98 Å². The van der Waals surface area contributed by atoms with E-state index in [4.69, 9.17) is 0 Å². The number of H-pyrrole nitrogens is 1. The van der Waals surface area contributed by atoms with Crippen molar-refractivity contribution in [2.45, 2.75) is 13.8 Å². The van der Waals surface area contributed by atoms with Crippen LogP contribution in [-0.2, 0) is 0 Å². The van der Waals surface area contributed by atoms with Crippen LogP contribution < -0.4 is 0 Å². The van der Waals surface area contributed by atoms with Crippen molar-refractivity contribution >= 4 is 33.1 Å². The lowest BCUT2D eigenvalue weighted by atomic mass is 10.0. The summed E-state index contributed by atoms with van der Waals surface area (Å²) in [5, 5.41) is 0.947. The second-order valence-electron chi connectivity index (χ2n) is 5.02. The smallest absolute Gasteiger partial charge is 0.152 e. The van der Waals surface area contributed by atoms with Gasteiger partial charge in [0, 0.05) is 20.9 Å². The summed E-state index contributed by atoms with van der Waals surface area (Å²) in [4.78, 5) is 14.9. The Morgan fingerprint density at radius 3 is 2.55 bits per heavy atom. The standard InChI is InChI=1S/C17H14BrNO/c1-10-3-4-12(7-11(10)2)17-15(9-20)14-8-13(18)5-6-16(14)19-17/h3-9,19H,1-2H3. The fourth-order valence-corrected chi connectivity index (χ4v) is 2.79. The van der Waals surface area contributed by atoms with Gasteiger partial charge in [-0.05, 0) is 54.8 Å². The summed E-state index contributed by atoms with van der Waals surface area (Å²) in [5.41, 5.74) is 6.09. The number of fused-ring (bicyclic) bond motifs is 1. The number of nitrogens with one attached hydrogen (secondary N) is 1. The van der Waals surface area contributed by atoms with Crippen molar-refractivity contribution < 1.29 is 4.79 Å². The highest BCUT2D eigenvalue weighted by Crippen LogP contribution is 2.31. The van der Waals surface area contributed by atoms with Gasteiger partial charge in [-0.25, -0.2) is 0 Å². The average molecular weight is 328 g/mol. The van der Waals surface area contributed by atoms with Gasteiger partial charge < -0.3 is 4.98 Å². The summed E-state index contributed by atoms with van der Waals surface area (Å²) in [7, 11) is 0. The third-order valence-electron chi connectivity index (χ3n) is 3.71. The highest BCUT2D eigenvalue weighted by atomic mass is 79.9. The van der Waals surface area contributed by atoms with E-state index in [2.05, 4.69) is 53.0 Å². The molecule has 0 bridgehead atoms. The second-order valence-corrected chi connectivity index (χ2v) is 5.94. The van der Waals surface area contributed by atoms with Gasteiger partial charge in [-0.15, -0.1) is 0 Å². The molecule has 0 amide bonds. The first-order valence-corrected chi connectivity index (χ1v) is 7.23. The maximum absolute atomic E-state index is 11.5. The molecule has 1 N–H and O–H groups in total. The lowest BCUT2D eigenvalue weighted by Gasteiger charge is -2.04. The number of aryl methyl sites for hydroxylation is 2. The highest BCUT2D eigenvalue weighted by molar-refractivity contribution is 9.10. The number of carbonyl (C=O) groups is 1. The molecular weight excluding hydrogens is 314 g/mol. The Morgan fingerprint density at radius 1 is 1.05 bits per heavy atom. The predicted octanol–water partition coefficient (Wildman–Crippen LogP) is 5.03. The number of aromatic nitrogens is 1. The molecule has 3 aromatic rings. The van der Waals surface area contributed by atoms with E-state index < -0.39 is 0 Å². The minimum absolute atomic E-state index is 0.713. The minimum Gasteiger partial charge on any atom is -0.354 e. The monoisotopic (exact) mass is 327 g/mol. The van der Waals surface area contributed by atoms with Crippen LogP contribution in [0, 0.1) is 13.8 Å². The molecule has 100 valence electrons. The second kappa shape index (κ2) is 4.91. The molecule has 0 saturated heterocycles. The van der Waals surface area contributed by atoms with Crippen LogP contribution in [0.3, 0.4) is 0 Å². The van der Waals surface area contributed by atoms with Gasteiger partial charge in [-0.3, -0.25) is 4.79 Å². The van der Waals surface area contributed by atoms with E-state index in [1.54, 1.807) is 0 Å². The maximum atomic E-state index is 11.5. The zero-order chi connectivity index (χ0) is 14.3. The van der Waals surface area contributed by atoms with Crippen LogP contribution in [0.1, 0.15) is 21.5 Å². The molecule has 0 aliphatic heterocycles. The molecule has 3 heteroatoms. The van der Waals surface area contributed by atoms with Crippen LogP contribution >= 0.6 is 15.9 Å². The van der Waals surface area contributed by atoms with Crippen LogP contribution in [0.2, 0.25) is 0 Å². The molecule has 0 spiro atoms. The van der Waals surface area contributed by atoms with Gasteiger partial charge >= 0.3 is 0 Å². The Hall–Kier alpha value is -1.87. The average Bonchev–Trinajstić information content (AvgIpc) is 2.79. The quantitative estimate of drug-likeness (QED) is 0.658. The van der Waals surface area contributed by atoms with Crippen LogP contribution in [0.15, 0.2) is 40.9 Å². The first kappa shape index (κ1) is 13.1. The third-order valence-corrected chi connectivity index (χ3v) is 4.21. The number of carbonyl (C=O) groups excluding carboxylic acids is 1. The number of benzene rings is 2. The van der Waals surface area contributed by atoms with E-state index in [0.29, 0.717) is 5.56 Å². The van der Waals surface area contributed by atoms with E-state index in [0.717, 1.165) is 32.9 Å². The Kier molecular flexibility index (Phi) is 3.22. The van der Waals surface area contributed by atoms with Crippen molar-refractivity contribution in [2.24, 2.45) is 0 Å². The van der Waals surface area contributed by atoms with Gasteiger partial charge in [-0.1, -0.05) is 28.1 Å². The number of rotatable bonds is 2. The Bertz CT molecular complexity index is 817. The summed E-state index contributed by atoms with van der Waals surface area (Å²) in [6, 6.07) is 12.2. The molecule has 3 rings (SSSR count). The number of aromatic amines is 1. The topological polar surface area (TPSA) is 32.9 Å². The summed E-state index contributed by atoms with van der Waals surface area (Å²) in [6.45, 7) is 4.17. The largest absolute Gasteiger partial charge is 0.354 e. The van der Waals surface area contributed by atoms with Crippen molar-refractivity contribution in [2.75, 3.05) is 0 Å². The van der Waals surface area contributed by atoms with E-state index in [1.807, 2.05) is 18.2 Å². The van der Waals surface area contributed by atoms with Crippen LogP contribution in [0.25, 0.3) is 22.2 Å². The van der Waals surface area contributed by atoms with E-state index in [-0.39, 0.29) is 0 Å². The molecule has 0 unspecified atom stereocenters. The fourth-order valence-electron chi connectivity index (χ4n) is 2.43. The molecule has 0 radical (unpaired) electrons. The number of hydrogen-bond acceptors (Lipinski definition) is 1. The molecule has 0 saturated carbocycles. The molecule has 0 aliphatic rings. The van der Waals surface area contributed by atoms with Gasteiger partial charge in [0.25, 0.3) is 0 Å². The zero-order valence-electron chi connectivity index (χ0n) is 11.3. The first-order valence-electron chi connectivity index (χ1n) is 6.44. The summed E-state index contributed by atoms with van der Waals surface area (Å²) in [5.74, 6) is 0. The molecular formula is C17H14BrNO. The van der Waals surface area contributed by atoms with Gasteiger partial charge in [0.1, 0.15) is 0 Å². The fraction of sp³-hybridized carbons (Fsp3) is 0.118. The van der Waals surface area contributed by atoms with Gasteiger partial charge in [-0.2, -0.15) is 0 Å². The number of halogens is 1. The van der Waals surface area contributed by atoms with Crippen molar-refractivity contribution in [3.63, 3.8) is 0 Å². The van der Waals surface area contributed by atoms with Crippen molar-refractivity contribution in [3.8, 4) is 11.3 Å². The summed E-state index contributed by atoms with van der Waals surface area (Å²) in [6.07, 6.45) is 0.926. The van der Waals surface area contributed by atoms with E-state index in [9.17, 15) is 4.79 Å². The van der Waals surface area contributed by atoms with Crippen LogP contribution in [0.5, 0.6) is 0 Å². The summed E-state index contributed by atoms with van der Waals surface area (Å²) >= 11 is 3.45. The van der Waals surface area contributed by atoms with Crippen molar-refractivity contribution in [1.29, 1.82) is 0 Å². The van der Waals surface area contributed by atoms with Gasteiger partial charge in [0.05, 0.1) is 5.69 Å². The third kappa shape index (κ3) is 2.08. The van der Waals surface area contributed by atoms with E-state index >= 15 is 0 Å². The Labute approximate surface area is 126 Å². The lowest BCUT2D eigenvalue weighted by molar-refractivity contribution is 0.112. The lowest BCUT2D eigenvalue weighted by Crippen LogP contribution is -1.87. The molecule has 2 nitrogen and oxygen atoms in total. The van der Waals surface area contributed by atoms with Gasteiger partial charge in [0.2, 0.25) is 0 Å². The number of hydrogen-bond donors (Lipinski definition) is 1. The van der Waals surface area contributed by atoms with Crippen molar-refractivity contribution in [3.05, 3.63) is 57.6 Å². The SMILES string of the molecule is Cc1ccc(-c2[nH]c3ccc(Br)cc3c2C=O)cc1C. The molecule has 1 aromatic heterocycles. The summed E-state index contributed by atoms with van der Waals surface area (Å²) < 4.78 is 0.971. The molecule has 1 heterocycles. The Balaban J connectivity index is 2.30. The Morgan fingerprint density at radius 2 is 1.85 bits per heavy atom. The predicted molar refractivity (Wildman–Crippen MR) is 86.3 cm³/mol. The molecule has 0 aliphatic carbocycles. The zero-order valence-corrected chi connectivity index (χ0v) is 12.9. The normalized spacial score (nSPS) is 10.9. The molecule has 2 aromatic carbocycles. The van der Waals surface area contributed by atoms with E-state index in [1.165, 1.54) is 11.1 Å². The molecule has 0 fully saturated rings. The molecule has 0 atom stereocenters. The van der Waals surface area contributed by atoms with Crippen LogP contribution in [-0.4, -0.2) is 11.3 Å². The first-order chi connectivity index (χ1) is 9.60.